The predicted molar refractivity (Wildman–Crippen MR) is 117 cm³/mol. The highest BCUT2D eigenvalue weighted by atomic mass is 16.5. The first-order valence-electron chi connectivity index (χ1n) is 9.84. The topological polar surface area (TPSA) is 81.2 Å². The van der Waals surface area contributed by atoms with Crippen molar-refractivity contribution < 1.29 is 9.53 Å². The van der Waals surface area contributed by atoms with Gasteiger partial charge in [-0.25, -0.2) is 4.79 Å². The Balaban J connectivity index is 2.26. The van der Waals surface area contributed by atoms with Gasteiger partial charge in [0.1, 0.15) is 11.4 Å². The highest BCUT2D eigenvalue weighted by Crippen LogP contribution is 2.21. The fourth-order valence-electron chi connectivity index (χ4n) is 3.71. The number of hydrogen-bond acceptors (Lipinski definition) is 4. The molecule has 3 aromatic rings. The molecule has 0 aliphatic carbocycles. The van der Waals surface area contributed by atoms with Crippen molar-refractivity contribution in [3.05, 3.63) is 96.8 Å². The van der Waals surface area contributed by atoms with Gasteiger partial charge in [-0.05, 0) is 49.6 Å². The standard InChI is InChI=1S/C24H26N2O4/c1-14(2)20-21(22(27)18-10-15(3)9-16(4)11-18)26(24(29)25-23(20)28)13-17-7-6-8-19(12-17)30-5/h6-12,14H,13H2,1-5H3,(H,25,28,29). The average Bonchev–Trinajstić information content (AvgIpc) is 2.68. The van der Waals surface area contributed by atoms with Gasteiger partial charge in [-0.2, -0.15) is 0 Å². The third-order valence-electron chi connectivity index (χ3n) is 4.99. The van der Waals surface area contributed by atoms with Crippen LogP contribution in [0.4, 0.5) is 0 Å². The number of benzene rings is 2. The molecule has 3 rings (SSSR count). The summed E-state index contributed by atoms with van der Waals surface area (Å²) in [4.78, 5) is 41.4. The van der Waals surface area contributed by atoms with Crippen molar-refractivity contribution in [1.29, 1.82) is 0 Å². The lowest BCUT2D eigenvalue weighted by Gasteiger charge is -2.18. The normalized spacial score (nSPS) is 11.0. The fraction of sp³-hybridized carbons (Fsp3) is 0.292. The Morgan fingerprint density at radius 3 is 2.33 bits per heavy atom. The summed E-state index contributed by atoms with van der Waals surface area (Å²) in [6.45, 7) is 7.63. The lowest BCUT2D eigenvalue weighted by Crippen LogP contribution is -2.38. The average molecular weight is 406 g/mol. The van der Waals surface area contributed by atoms with Crippen molar-refractivity contribution in [2.45, 2.75) is 40.2 Å². The van der Waals surface area contributed by atoms with E-state index in [0.717, 1.165) is 16.7 Å². The Labute approximate surface area is 175 Å². The van der Waals surface area contributed by atoms with E-state index in [0.29, 0.717) is 16.9 Å². The van der Waals surface area contributed by atoms with Crippen LogP contribution in [0.5, 0.6) is 5.75 Å². The minimum absolute atomic E-state index is 0.131. The summed E-state index contributed by atoms with van der Waals surface area (Å²) in [5.41, 5.74) is 2.43. The molecule has 0 bridgehead atoms. The summed E-state index contributed by atoms with van der Waals surface area (Å²) < 4.78 is 6.62. The van der Waals surface area contributed by atoms with Crippen LogP contribution in [0.15, 0.2) is 52.1 Å². The first kappa shape index (κ1) is 21.3. The molecular weight excluding hydrogens is 380 g/mol. The van der Waals surface area contributed by atoms with E-state index in [1.165, 1.54) is 4.57 Å². The van der Waals surface area contributed by atoms with Gasteiger partial charge in [-0.3, -0.25) is 19.1 Å². The molecular formula is C24H26N2O4. The van der Waals surface area contributed by atoms with Crippen LogP contribution in [-0.4, -0.2) is 22.4 Å². The maximum Gasteiger partial charge on any atom is 0.329 e. The van der Waals surface area contributed by atoms with E-state index >= 15 is 0 Å². The summed E-state index contributed by atoms with van der Waals surface area (Å²) in [6.07, 6.45) is 0. The molecule has 0 spiro atoms. The SMILES string of the molecule is COc1cccc(Cn2c(C(=O)c3cc(C)cc(C)c3)c(C(C)C)c(=O)[nH]c2=O)c1. The second kappa shape index (κ2) is 8.53. The molecule has 0 aliphatic rings. The maximum absolute atomic E-state index is 13.6. The Kier molecular flexibility index (Phi) is 6.06. The van der Waals surface area contributed by atoms with Crippen molar-refractivity contribution >= 4 is 5.78 Å². The molecule has 0 amide bonds. The van der Waals surface area contributed by atoms with Gasteiger partial charge < -0.3 is 4.74 Å². The number of H-pyrrole nitrogens is 1. The van der Waals surface area contributed by atoms with E-state index < -0.39 is 11.2 Å². The van der Waals surface area contributed by atoms with Crippen LogP contribution >= 0.6 is 0 Å². The molecule has 0 saturated heterocycles. The molecule has 6 nitrogen and oxygen atoms in total. The number of aryl methyl sites for hydroxylation is 2. The Hall–Kier alpha value is -3.41. The molecule has 1 N–H and O–H groups in total. The van der Waals surface area contributed by atoms with Crippen molar-refractivity contribution in [3.63, 3.8) is 0 Å². The number of methoxy groups -OCH3 is 1. The lowest BCUT2D eigenvalue weighted by molar-refractivity contribution is 0.102. The first-order valence-corrected chi connectivity index (χ1v) is 9.84. The lowest BCUT2D eigenvalue weighted by atomic mass is 9.95. The molecule has 0 radical (unpaired) electrons. The second-order valence-electron chi connectivity index (χ2n) is 7.82. The van der Waals surface area contributed by atoms with Gasteiger partial charge in [0.15, 0.2) is 0 Å². The summed E-state index contributed by atoms with van der Waals surface area (Å²) in [5, 5.41) is 0. The van der Waals surface area contributed by atoms with Gasteiger partial charge in [0.05, 0.1) is 13.7 Å². The van der Waals surface area contributed by atoms with Gasteiger partial charge in [-0.1, -0.05) is 43.2 Å². The van der Waals surface area contributed by atoms with Crippen molar-refractivity contribution in [1.82, 2.24) is 9.55 Å². The fourth-order valence-corrected chi connectivity index (χ4v) is 3.71. The number of carbonyl (C=O) groups is 1. The van der Waals surface area contributed by atoms with E-state index in [1.807, 2.05) is 45.9 Å². The van der Waals surface area contributed by atoms with Crippen LogP contribution < -0.4 is 16.0 Å². The number of carbonyl (C=O) groups excluding carboxylic acids is 1. The zero-order valence-electron chi connectivity index (χ0n) is 17.9. The number of rotatable bonds is 6. The van der Waals surface area contributed by atoms with Crippen LogP contribution in [0.25, 0.3) is 0 Å². The van der Waals surface area contributed by atoms with Crippen molar-refractivity contribution in [3.8, 4) is 5.75 Å². The number of hydrogen-bond donors (Lipinski definition) is 1. The van der Waals surface area contributed by atoms with E-state index in [9.17, 15) is 14.4 Å². The predicted octanol–water partition coefficient (Wildman–Crippen LogP) is 3.56. The number of ether oxygens (including phenoxy) is 1. The molecule has 2 aromatic carbocycles. The third-order valence-corrected chi connectivity index (χ3v) is 4.99. The Morgan fingerprint density at radius 2 is 1.73 bits per heavy atom. The number of aromatic amines is 1. The number of nitrogens with zero attached hydrogens (tertiary/aromatic N) is 1. The number of nitrogens with one attached hydrogen (secondary N) is 1. The molecule has 30 heavy (non-hydrogen) atoms. The van der Waals surface area contributed by atoms with Gasteiger partial charge >= 0.3 is 5.69 Å². The molecule has 0 aliphatic heterocycles. The number of aromatic nitrogens is 2. The highest BCUT2D eigenvalue weighted by molar-refractivity contribution is 6.09. The zero-order chi connectivity index (χ0) is 22.0. The second-order valence-corrected chi connectivity index (χ2v) is 7.82. The van der Waals surface area contributed by atoms with Crippen LogP contribution in [0.1, 0.15) is 58.1 Å². The van der Waals surface area contributed by atoms with Gasteiger partial charge in [0.2, 0.25) is 5.78 Å². The van der Waals surface area contributed by atoms with Gasteiger partial charge in [0.25, 0.3) is 5.56 Å². The summed E-state index contributed by atoms with van der Waals surface area (Å²) in [7, 11) is 1.57. The van der Waals surface area contributed by atoms with E-state index in [2.05, 4.69) is 4.98 Å². The molecule has 156 valence electrons. The van der Waals surface area contributed by atoms with E-state index in [-0.39, 0.29) is 23.9 Å². The molecule has 0 unspecified atom stereocenters. The number of ketones is 1. The van der Waals surface area contributed by atoms with Crippen molar-refractivity contribution in [2.24, 2.45) is 0 Å². The summed E-state index contributed by atoms with van der Waals surface area (Å²) in [5.74, 6) is 0.0728. The zero-order valence-corrected chi connectivity index (χ0v) is 17.9. The minimum atomic E-state index is -0.611. The molecule has 1 heterocycles. The smallest absolute Gasteiger partial charge is 0.329 e. The van der Waals surface area contributed by atoms with E-state index in [1.54, 1.807) is 31.4 Å². The quantitative estimate of drug-likeness (QED) is 0.635. The molecule has 0 atom stereocenters. The van der Waals surface area contributed by atoms with Crippen LogP contribution in [-0.2, 0) is 6.54 Å². The summed E-state index contributed by atoms with van der Waals surface area (Å²) >= 11 is 0. The monoisotopic (exact) mass is 406 g/mol. The highest BCUT2D eigenvalue weighted by Gasteiger charge is 2.25. The molecule has 0 fully saturated rings. The van der Waals surface area contributed by atoms with E-state index in [4.69, 9.17) is 4.74 Å². The van der Waals surface area contributed by atoms with Crippen LogP contribution in [0, 0.1) is 13.8 Å². The molecule has 6 heteroatoms. The van der Waals surface area contributed by atoms with Crippen LogP contribution in [0.2, 0.25) is 0 Å². The first-order chi connectivity index (χ1) is 14.2. The van der Waals surface area contributed by atoms with Crippen molar-refractivity contribution in [2.75, 3.05) is 7.11 Å². The Morgan fingerprint density at radius 1 is 1.07 bits per heavy atom. The molecule has 0 saturated carbocycles. The molecule has 1 aromatic heterocycles. The van der Waals surface area contributed by atoms with Gasteiger partial charge in [-0.15, -0.1) is 0 Å². The summed E-state index contributed by atoms with van der Waals surface area (Å²) in [6, 6.07) is 12.8. The Bertz CT molecular complexity index is 1200. The van der Waals surface area contributed by atoms with Gasteiger partial charge in [0, 0.05) is 11.1 Å². The third kappa shape index (κ3) is 4.27. The largest absolute Gasteiger partial charge is 0.497 e. The maximum atomic E-state index is 13.6. The minimum Gasteiger partial charge on any atom is -0.497 e. The van der Waals surface area contributed by atoms with Crippen LogP contribution in [0.3, 0.4) is 0 Å².